The summed E-state index contributed by atoms with van der Waals surface area (Å²) in [5.74, 6) is -0.715. The molecular formula is C29H27Cl2F3N2O. The number of carbonyl (C=O) groups is 1. The number of hydrogen-bond donors (Lipinski definition) is 0. The van der Waals surface area contributed by atoms with E-state index >= 15 is 0 Å². The van der Waals surface area contributed by atoms with Gasteiger partial charge in [-0.05, 0) is 60.4 Å². The van der Waals surface area contributed by atoms with Gasteiger partial charge >= 0.3 is 6.18 Å². The smallest absolute Gasteiger partial charge is 0.326 e. The van der Waals surface area contributed by atoms with Crippen LogP contribution in [0.2, 0.25) is 10.0 Å². The van der Waals surface area contributed by atoms with Crippen LogP contribution in [0, 0.1) is 5.41 Å². The number of piperidine rings is 1. The van der Waals surface area contributed by atoms with Gasteiger partial charge in [0, 0.05) is 22.2 Å². The van der Waals surface area contributed by atoms with Crippen molar-refractivity contribution >= 4 is 29.1 Å². The summed E-state index contributed by atoms with van der Waals surface area (Å²) in [7, 11) is 0. The number of pyridine rings is 1. The summed E-state index contributed by atoms with van der Waals surface area (Å²) in [5.41, 5.74) is 0.731. The van der Waals surface area contributed by atoms with E-state index in [-0.39, 0.29) is 17.5 Å². The number of carbonyl (C=O) groups excluding carboxylic acids is 1. The first-order chi connectivity index (χ1) is 17.5. The van der Waals surface area contributed by atoms with Crippen molar-refractivity contribution in [2.75, 3.05) is 0 Å². The van der Waals surface area contributed by atoms with E-state index in [4.69, 9.17) is 23.2 Å². The van der Waals surface area contributed by atoms with Crippen LogP contribution in [0.15, 0.2) is 85.6 Å². The SMILES string of the molecule is C=CC[C@@]1(C)C[C@H](c2cccc(Cl)c2)[C@@H](c2ccc(Cl)cc2)N(C(CC(F)(F)F)c2ccccn2)C1=O. The Balaban J connectivity index is 1.98. The third-order valence-corrected chi connectivity index (χ3v) is 7.46. The predicted octanol–water partition coefficient (Wildman–Crippen LogP) is 8.72. The summed E-state index contributed by atoms with van der Waals surface area (Å²) >= 11 is 12.5. The molecule has 0 saturated carbocycles. The maximum Gasteiger partial charge on any atom is 0.391 e. The molecule has 0 bridgehead atoms. The van der Waals surface area contributed by atoms with Gasteiger partial charge in [-0.25, -0.2) is 0 Å². The van der Waals surface area contributed by atoms with E-state index in [0.717, 1.165) is 5.56 Å². The lowest BCUT2D eigenvalue weighted by atomic mass is 9.67. The average Bonchev–Trinajstić information content (AvgIpc) is 2.85. The molecule has 1 saturated heterocycles. The minimum Gasteiger partial charge on any atom is -0.326 e. The summed E-state index contributed by atoms with van der Waals surface area (Å²) in [6, 6.07) is 17.0. The zero-order chi connectivity index (χ0) is 26.8. The molecule has 2 aromatic carbocycles. The van der Waals surface area contributed by atoms with E-state index in [1.165, 1.54) is 17.2 Å². The fourth-order valence-electron chi connectivity index (χ4n) is 5.37. The summed E-state index contributed by atoms with van der Waals surface area (Å²) in [6.45, 7) is 5.62. The Morgan fingerprint density at radius 2 is 1.81 bits per heavy atom. The summed E-state index contributed by atoms with van der Waals surface area (Å²) in [5, 5.41) is 1.00. The topological polar surface area (TPSA) is 33.2 Å². The molecule has 1 fully saturated rings. The highest BCUT2D eigenvalue weighted by atomic mass is 35.5. The molecule has 0 aliphatic carbocycles. The Morgan fingerprint density at radius 3 is 2.41 bits per heavy atom. The monoisotopic (exact) mass is 546 g/mol. The second-order valence-electron chi connectivity index (χ2n) is 9.72. The van der Waals surface area contributed by atoms with Crippen LogP contribution in [0.5, 0.6) is 0 Å². The molecule has 1 amide bonds. The molecule has 1 aliphatic heterocycles. The summed E-state index contributed by atoms with van der Waals surface area (Å²) < 4.78 is 42.2. The van der Waals surface area contributed by atoms with E-state index in [0.29, 0.717) is 28.5 Å². The van der Waals surface area contributed by atoms with Crippen molar-refractivity contribution in [2.24, 2.45) is 5.41 Å². The fraction of sp³-hybridized carbons (Fsp3) is 0.310. The lowest BCUT2D eigenvalue weighted by Crippen LogP contribution is -2.53. The van der Waals surface area contributed by atoms with Gasteiger partial charge in [-0.3, -0.25) is 9.78 Å². The van der Waals surface area contributed by atoms with Crippen LogP contribution in [-0.4, -0.2) is 22.0 Å². The molecule has 1 aliphatic rings. The van der Waals surface area contributed by atoms with Gasteiger partial charge in [0.15, 0.2) is 0 Å². The molecule has 0 spiro atoms. The van der Waals surface area contributed by atoms with Gasteiger partial charge in [0.25, 0.3) is 0 Å². The third-order valence-electron chi connectivity index (χ3n) is 6.98. The molecule has 1 aromatic heterocycles. The van der Waals surface area contributed by atoms with Crippen molar-refractivity contribution in [3.05, 3.63) is 112 Å². The van der Waals surface area contributed by atoms with Crippen molar-refractivity contribution in [1.29, 1.82) is 0 Å². The van der Waals surface area contributed by atoms with Crippen LogP contribution in [0.3, 0.4) is 0 Å². The van der Waals surface area contributed by atoms with E-state index in [2.05, 4.69) is 11.6 Å². The first-order valence-electron chi connectivity index (χ1n) is 11.9. The van der Waals surface area contributed by atoms with Gasteiger partial charge in [0.1, 0.15) is 0 Å². The Kier molecular flexibility index (Phi) is 8.00. The fourth-order valence-corrected chi connectivity index (χ4v) is 5.69. The molecule has 2 heterocycles. The maximum absolute atomic E-state index is 14.3. The standard InChI is InChI=1S/C29H27Cl2F3N2O/c1-3-14-28(2)17-23(20-7-6-8-22(31)16-20)26(19-10-12-21(30)13-11-19)36(27(28)37)25(18-29(32,33)34)24-9-4-5-15-35-24/h3-13,15-16,23,25-26H,1,14,17-18H2,2H3/t23-,25?,26-,28+/m1/s1. The molecule has 3 aromatic rings. The average molecular weight is 547 g/mol. The van der Waals surface area contributed by atoms with Crippen molar-refractivity contribution in [3.8, 4) is 0 Å². The molecular weight excluding hydrogens is 520 g/mol. The maximum atomic E-state index is 14.3. The molecule has 4 atom stereocenters. The van der Waals surface area contributed by atoms with Gasteiger partial charge < -0.3 is 4.90 Å². The van der Waals surface area contributed by atoms with Gasteiger partial charge in [-0.1, -0.05) is 66.5 Å². The zero-order valence-electron chi connectivity index (χ0n) is 20.3. The first-order valence-corrected chi connectivity index (χ1v) is 12.7. The lowest BCUT2D eigenvalue weighted by molar-refractivity contribution is -0.171. The Labute approximate surface area is 224 Å². The first kappa shape index (κ1) is 27.2. The van der Waals surface area contributed by atoms with Crippen LogP contribution in [0.25, 0.3) is 0 Å². The van der Waals surface area contributed by atoms with Crippen LogP contribution in [-0.2, 0) is 4.79 Å². The number of alkyl halides is 3. The molecule has 0 N–H and O–H groups in total. The minimum atomic E-state index is -4.54. The van der Waals surface area contributed by atoms with Gasteiger partial charge in [0.2, 0.25) is 5.91 Å². The molecule has 0 radical (unpaired) electrons. The highest BCUT2D eigenvalue weighted by Gasteiger charge is 2.53. The largest absolute Gasteiger partial charge is 0.391 e. The molecule has 3 nitrogen and oxygen atoms in total. The summed E-state index contributed by atoms with van der Waals surface area (Å²) in [4.78, 5) is 19.9. The van der Waals surface area contributed by atoms with Crippen molar-refractivity contribution in [2.45, 2.75) is 50.4 Å². The Hall–Kier alpha value is -2.83. The number of amides is 1. The van der Waals surface area contributed by atoms with Gasteiger partial charge in [-0.2, -0.15) is 13.2 Å². The quantitative estimate of drug-likeness (QED) is 0.277. The second-order valence-corrected chi connectivity index (χ2v) is 10.6. The predicted molar refractivity (Wildman–Crippen MR) is 140 cm³/mol. The minimum absolute atomic E-state index is 0.180. The van der Waals surface area contributed by atoms with Crippen molar-refractivity contribution < 1.29 is 18.0 Å². The van der Waals surface area contributed by atoms with Gasteiger partial charge in [0.05, 0.1) is 29.6 Å². The molecule has 1 unspecified atom stereocenters. The van der Waals surface area contributed by atoms with E-state index in [9.17, 15) is 18.0 Å². The summed E-state index contributed by atoms with van der Waals surface area (Å²) in [6.07, 6.45) is -1.96. The molecule has 8 heteroatoms. The van der Waals surface area contributed by atoms with Gasteiger partial charge in [-0.15, -0.1) is 6.58 Å². The Morgan fingerprint density at radius 1 is 1.08 bits per heavy atom. The van der Waals surface area contributed by atoms with Crippen LogP contribution in [0.4, 0.5) is 13.2 Å². The Bertz CT molecular complexity index is 1250. The zero-order valence-corrected chi connectivity index (χ0v) is 21.8. The number of aromatic nitrogens is 1. The normalized spacial score (nSPS) is 23.1. The number of benzene rings is 2. The van der Waals surface area contributed by atoms with E-state index in [1.54, 1.807) is 55.5 Å². The van der Waals surface area contributed by atoms with Crippen LogP contribution < -0.4 is 0 Å². The highest BCUT2D eigenvalue weighted by molar-refractivity contribution is 6.30. The number of halogens is 5. The molecule has 37 heavy (non-hydrogen) atoms. The number of hydrogen-bond acceptors (Lipinski definition) is 2. The van der Waals surface area contributed by atoms with E-state index in [1.807, 2.05) is 18.2 Å². The van der Waals surface area contributed by atoms with Crippen molar-refractivity contribution in [3.63, 3.8) is 0 Å². The highest BCUT2D eigenvalue weighted by Crippen LogP contribution is 2.54. The van der Waals surface area contributed by atoms with Crippen LogP contribution >= 0.6 is 23.2 Å². The third kappa shape index (κ3) is 6.02. The van der Waals surface area contributed by atoms with Crippen molar-refractivity contribution in [1.82, 2.24) is 9.88 Å². The number of allylic oxidation sites excluding steroid dienone is 1. The second kappa shape index (κ2) is 10.9. The number of likely N-dealkylation sites (tertiary alicyclic amines) is 1. The molecule has 194 valence electrons. The van der Waals surface area contributed by atoms with E-state index < -0.39 is 30.1 Å². The number of rotatable bonds is 7. The van der Waals surface area contributed by atoms with Crippen LogP contribution in [0.1, 0.15) is 61.0 Å². The molecule has 4 rings (SSSR count). The lowest BCUT2D eigenvalue weighted by Gasteiger charge is -2.52. The number of nitrogens with zero attached hydrogens (tertiary/aromatic N) is 2.